The molecule has 2 aliphatic heterocycles. The molecule has 0 aliphatic carbocycles. The lowest BCUT2D eigenvalue weighted by atomic mass is 10.1. The van der Waals surface area contributed by atoms with Gasteiger partial charge in [0.25, 0.3) is 5.91 Å². The van der Waals surface area contributed by atoms with Gasteiger partial charge in [-0.05, 0) is 35.9 Å². The molecule has 0 bridgehead atoms. The van der Waals surface area contributed by atoms with Crippen LogP contribution in [0.2, 0.25) is 0 Å². The maximum atomic E-state index is 14.3. The van der Waals surface area contributed by atoms with E-state index in [0.29, 0.717) is 82.0 Å². The van der Waals surface area contributed by atoms with Crippen molar-refractivity contribution >= 4 is 40.9 Å². The van der Waals surface area contributed by atoms with E-state index in [1.54, 1.807) is 17.2 Å². The third-order valence-electron chi connectivity index (χ3n) is 8.19. The van der Waals surface area contributed by atoms with Gasteiger partial charge in [0.1, 0.15) is 17.2 Å². The molecule has 0 saturated carbocycles. The molecule has 15 nitrogen and oxygen atoms in total. The summed E-state index contributed by atoms with van der Waals surface area (Å²) in [5.41, 5.74) is 0.436. The Labute approximate surface area is 283 Å². The van der Waals surface area contributed by atoms with Gasteiger partial charge in [-0.3, -0.25) is 19.8 Å². The predicted octanol–water partition coefficient (Wildman–Crippen LogP) is 3.30. The van der Waals surface area contributed by atoms with E-state index in [9.17, 15) is 27.6 Å². The molecule has 0 aromatic carbocycles. The SMILES string of the molecule is C=CC(=O)Nc1cc(C(=O)N2CCN(Cc3cc4c(N5CCOCC5)nc(-c5cnc(NC(=O)OC)cc5C(F)(F)F)nn4c3)CC2)ccn1. The minimum absolute atomic E-state index is 0.185. The number of pyridine rings is 2. The first-order valence-electron chi connectivity index (χ1n) is 15.6. The van der Waals surface area contributed by atoms with Gasteiger partial charge in [-0.2, -0.15) is 13.2 Å². The van der Waals surface area contributed by atoms with Gasteiger partial charge in [0.2, 0.25) is 5.91 Å². The molecule has 3 amide bonds. The fourth-order valence-electron chi connectivity index (χ4n) is 5.70. The lowest BCUT2D eigenvalue weighted by Gasteiger charge is -2.34. The monoisotopic (exact) mass is 694 g/mol. The molecular weight excluding hydrogens is 661 g/mol. The van der Waals surface area contributed by atoms with Crippen LogP contribution in [0.4, 0.5) is 35.4 Å². The van der Waals surface area contributed by atoms with Crippen LogP contribution in [-0.2, 0) is 27.0 Å². The van der Waals surface area contributed by atoms with Crippen LogP contribution in [-0.4, -0.2) is 112 Å². The van der Waals surface area contributed by atoms with E-state index >= 15 is 0 Å². The van der Waals surface area contributed by atoms with Crippen molar-refractivity contribution in [2.75, 3.05) is 75.1 Å². The molecule has 18 heteroatoms. The summed E-state index contributed by atoms with van der Waals surface area (Å²) in [5.74, 6) is -0.446. The Kier molecular flexibility index (Phi) is 9.91. The summed E-state index contributed by atoms with van der Waals surface area (Å²) in [4.78, 5) is 55.0. The molecule has 0 spiro atoms. The Morgan fingerprint density at radius 2 is 1.76 bits per heavy atom. The van der Waals surface area contributed by atoms with Crippen molar-refractivity contribution in [3.8, 4) is 11.4 Å². The second-order valence-electron chi connectivity index (χ2n) is 11.5. The number of piperazine rings is 1. The van der Waals surface area contributed by atoms with Crippen molar-refractivity contribution in [2.24, 2.45) is 0 Å². The van der Waals surface area contributed by atoms with Crippen molar-refractivity contribution < 1.29 is 37.0 Å². The third kappa shape index (κ3) is 7.65. The number of carbonyl (C=O) groups is 3. The molecular formula is C32H33F3N10O5. The van der Waals surface area contributed by atoms with Gasteiger partial charge < -0.3 is 24.6 Å². The van der Waals surface area contributed by atoms with E-state index < -0.39 is 23.7 Å². The zero-order valence-corrected chi connectivity index (χ0v) is 26.9. The van der Waals surface area contributed by atoms with Crippen LogP contribution in [0.3, 0.4) is 0 Å². The fourth-order valence-corrected chi connectivity index (χ4v) is 5.70. The quantitative estimate of drug-likeness (QED) is 0.261. The first kappa shape index (κ1) is 34.3. The number of ether oxygens (including phenoxy) is 2. The highest BCUT2D eigenvalue weighted by molar-refractivity contribution is 6.00. The minimum Gasteiger partial charge on any atom is -0.453 e. The topological polar surface area (TPSA) is 159 Å². The number of carbonyl (C=O) groups excluding carboxylic acids is 3. The van der Waals surface area contributed by atoms with E-state index in [1.165, 1.54) is 16.8 Å². The van der Waals surface area contributed by atoms with E-state index in [2.05, 4.69) is 46.9 Å². The van der Waals surface area contributed by atoms with E-state index in [0.717, 1.165) is 24.9 Å². The smallest absolute Gasteiger partial charge is 0.417 e. The molecule has 2 N–H and O–H groups in total. The van der Waals surface area contributed by atoms with Crippen LogP contribution in [0.15, 0.2) is 55.5 Å². The van der Waals surface area contributed by atoms with Crippen molar-refractivity contribution in [1.29, 1.82) is 0 Å². The summed E-state index contributed by atoms with van der Waals surface area (Å²) >= 11 is 0. The van der Waals surface area contributed by atoms with Gasteiger partial charge in [-0.15, -0.1) is 5.10 Å². The number of hydrogen-bond acceptors (Lipinski definition) is 11. The van der Waals surface area contributed by atoms with Crippen LogP contribution in [0.5, 0.6) is 0 Å². The van der Waals surface area contributed by atoms with Crippen molar-refractivity contribution in [2.45, 2.75) is 12.7 Å². The molecule has 50 heavy (non-hydrogen) atoms. The Morgan fingerprint density at radius 1 is 1.02 bits per heavy atom. The summed E-state index contributed by atoms with van der Waals surface area (Å²) in [6.45, 7) is 7.79. The zero-order valence-electron chi connectivity index (χ0n) is 26.9. The van der Waals surface area contributed by atoms with Crippen molar-refractivity contribution in [3.63, 3.8) is 0 Å². The van der Waals surface area contributed by atoms with Gasteiger partial charge in [0, 0.05) is 70.0 Å². The summed E-state index contributed by atoms with van der Waals surface area (Å²) < 4.78 is 54.4. The lowest BCUT2D eigenvalue weighted by molar-refractivity contribution is -0.137. The number of fused-ring (bicyclic) bond motifs is 1. The summed E-state index contributed by atoms with van der Waals surface area (Å²) in [6.07, 6.45) is -0.463. The molecule has 4 aromatic heterocycles. The molecule has 0 unspecified atom stereocenters. The van der Waals surface area contributed by atoms with E-state index in [4.69, 9.17) is 4.74 Å². The Balaban J connectivity index is 1.23. The van der Waals surface area contributed by atoms with Crippen LogP contribution in [0, 0.1) is 0 Å². The average molecular weight is 695 g/mol. The fraction of sp³-hybridized carbons (Fsp3) is 0.344. The summed E-state index contributed by atoms with van der Waals surface area (Å²) in [6, 6.07) is 5.74. The number of morpholine rings is 1. The largest absolute Gasteiger partial charge is 0.453 e. The molecule has 4 aromatic rings. The van der Waals surface area contributed by atoms with Crippen LogP contribution in [0.25, 0.3) is 16.9 Å². The van der Waals surface area contributed by atoms with Crippen LogP contribution >= 0.6 is 0 Å². The average Bonchev–Trinajstić information content (AvgIpc) is 3.53. The van der Waals surface area contributed by atoms with Crippen LogP contribution in [0.1, 0.15) is 21.5 Å². The number of nitrogens with one attached hydrogen (secondary N) is 2. The van der Waals surface area contributed by atoms with Gasteiger partial charge in [0.05, 0.1) is 31.5 Å². The number of amides is 3. The summed E-state index contributed by atoms with van der Waals surface area (Å²) in [7, 11) is 1.09. The van der Waals surface area contributed by atoms with Gasteiger partial charge in [-0.1, -0.05) is 6.58 Å². The lowest BCUT2D eigenvalue weighted by Crippen LogP contribution is -2.48. The molecule has 2 aliphatic rings. The van der Waals surface area contributed by atoms with E-state index in [1.807, 2.05) is 11.0 Å². The number of hydrogen-bond donors (Lipinski definition) is 2. The van der Waals surface area contributed by atoms with Gasteiger partial charge in [-0.25, -0.2) is 24.3 Å². The van der Waals surface area contributed by atoms with Crippen molar-refractivity contribution in [1.82, 2.24) is 34.4 Å². The standard InChI is InChI=1S/C32H33F3N10O5/c1-3-27(46)38-25-15-21(4-5-36-25)30(47)44-8-6-42(7-9-44)18-20-14-24-29(43-10-12-50-13-11-43)40-28(41-45(24)19-20)22-17-37-26(39-31(48)49-2)16-23(22)32(33,34)35/h3-5,14-17,19H,1,6-13,18H2,2H3,(H,36,38,46)(H,37,39,48). The Hall–Kier alpha value is -5.62. The zero-order chi connectivity index (χ0) is 35.4. The molecule has 2 fully saturated rings. The number of rotatable bonds is 8. The number of anilines is 3. The Bertz CT molecular complexity index is 1920. The molecule has 6 heterocycles. The molecule has 262 valence electrons. The predicted molar refractivity (Wildman–Crippen MR) is 175 cm³/mol. The second kappa shape index (κ2) is 14.5. The van der Waals surface area contributed by atoms with Gasteiger partial charge in [0.15, 0.2) is 11.6 Å². The van der Waals surface area contributed by atoms with Crippen LogP contribution < -0.4 is 15.5 Å². The highest BCUT2D eigenvalue weighted by Crippen LogP contribution is 2.38. The Morgan fingerprint density at radius 3 is 2.46 bits per heavy atom. The normalized spacial score (nSPS) is 15.5. The molecule has 2 saturated heterocycles. The minimum atomic E-state index is -4.81. The second-order valence-corrected chi connectivity index (χ2v) is 11.5. The van der Waals surface area contributed by atoms with Gasteiger partial charge >= 0.3 is 12.3 Å². The first-order chi connectivity index (χ1) is 24.0. The first-order valence-corrected chi connectivity index (χ1v) is 15.6. The number of methoxy groups -OCH3 is 1. The molecule has 0 atom stereocenters. The third-order valence-corrected chi connectivity index (χ3v) is 8.19. The summed E-state index contributed by atoms with van der Waals surface area (Å²) in [5, 5.41) is 9.19. The number of nitrogens with zero attached hydrogens (tertiary/aromatic N) is 8. The highest BCUT2D eigenvalue weighted by Gasteiger charge is 2.36. The number of alkyl halides is 3. The van der Waals surface area contributed by atoms with E-state index in [-0.39, 0.29) is 28.9 Å². The maximum absolute atomic E-state index is 14.3. The molecule has 6 rings (SSSR count). The highest BCUT2D eigenvalue weighted by atomic mass is 19.4. The number of aromatic nitrogens is 5. The number of halogens is 3. The van der Waals surface area contributed by atoms with Crippen molar-refractivity contribution in [3.05, 3.63) is 72.2 Å². The molecule has 0 radical (unpaired) electrons. The maximum Gasteiger partial charge on any atom is 0.417 e.